The zero-order valence-corrected chi connectivity index (χ0v) is 22.5. The Morgan fingerprint density at radius 3 is 2.52 bits per heavy atom. The summed E-state index contributed by atoms with van der Waals surface area (Å²) in [5.41, 5.74) is 3.61. The highest BCUT2D eigenvalue weighted by Gasteiger charge is 2.22. The van der Waals surface area contributed by atoms with Crippen LogP contribution in [0.25, 0.3) is 33.4 Å². The van der Waals surface area contributed by atoms with Crippen LogP contribution in [0.3, 0.4) is 0 Å². The van der Waals surface area contributed by atoms with E-state index in [4.69, 9.17) is 4.42 Å². The standard InChI is InChI=1S/C32H32N2O6/c1-3-4-15-33-29(36)8-6-5-7-16-34-31(37)21-10-13-23(26(18-21)32(38)39)30-24-12-9-20(2)17-27(24)40-28-19-22(35)11-14-25(28)30/h9-14,17-19,32,38-39H,5-8,15-16H2,1-2H3,(H,33,36)(H,34,37). The van der Waals surface area contributed by atoms with Gasteiger partial charge in [0.25, 0.3) is 5.91 Å². The van der Waals surface area contributed by atoms with E-state index in [9.17, 15) is 24.6 Å². The number of benzene rings is 3. The third-order valence-corrected chi connectivity index (χ3v) is 6.63. The van der Waals surface area contributed by atoms with Crippen LogP contribution in [0.15, 0.2) is 63.8 Å². The Labute approximate surface area is 232 Å². The van der Waals surface area contributed by atoms with Crippen molar-refractivity contribution >= 4 is 22.8 Å². The summed E-state index contributed by atoms with van der Waals surface area (Å²) in [5, 5.41) is 26.9. The molecule has 0 saturated heterocycles. The lowest BCUT2D eigenvalue weighted by atomic mass is 9.89. The first-order valence-corrected chi connectivity index (χ1v) is 13.2. The molecule has 8 heteroatoms. The Balaban J connectivity index is 1.52. The maximum Gasteiger partial charge on any atom is 0.251 e. The molecule has 0 saturated carbocycles. The number of amides is 2. The smallest absolute Gasteiger partial charge is 0.251 e. The van der Waals surface area contributed by atoms with E-state index < -0.39 is 6.29 Å². The van der Waals surface area contributed by atoms with Crippen molar-refractivity contribution in [2.45, 2.75) is 45.8 Å². The van der Waals surface area contributed by atoms with Gasteiger partial charge < -0.3 is 25.3 Å². The van der Waals surface area contributed by atoms with E-state index in [0.717, 1.165) is 17.4 Å². The van der Waals surface area contributed by atoms with Crippen LogP contribution in [-0.4, -0.2) is 35.1 Å². The first-order valence-electron chi connectivity index (χ1n) is 13.2. The average molecular weight is 541 g/mol. The number of aliphatic hydroxyl groups excluding tert-OH is 1. The largest absolute Gasteiger partial charge is 0.456 e. The van der Waals surface area contributed by atoms with Gasteiger partial charge in [0.05, 0.1) is 6.54 Å². The first-order chi connectivity index (χ1) is 19.3. The molecule has 4 rings (SSSR count). The Hall–Kier alpha value is -4.45. The molecule has 1 aliphatic heterocycles. The third kappa shape index (κ3) is 6.75. The highest BCUT2D eigenvalue weighted by Crippen LogP contribution is 2.42. The predicted molar refractivity (Wildman–Crippen MR) is 154 cm³/mol. The number of unbranched alkanes of at least 4 members (excludes halogenated alkanes) is 2. The molecule has 206 valence electrons. The van der Waals surface area contributed by atoms with Crippen molar-refractivity contribution in [1.82, 2.24) is 10.6 Å². The van der Waals surface area contributed by atoms with Crippen LogP contribution >= 0.6 is 0 Å². The molecular formula is C32H32N2O6. The van der Waals surface area contributed by atoms with Gasteiger partial charge in [-0.1, -0.05) is 30.5 Å². The van der Waals surface area contributed by atoms with Crippen molar-refractivity contribution in [2.75, 3.05) is 13.1 Å². The summed E-state index contributed by atoms with van der Waals surface area (Å²) in [5.74, 6) is 5.51. The third-order valence-electron chi connectivity index (χ3n) is 6.63. The summed E-state index contributed by atoms with van der Waals surface area (Å²) < 4.78 is 6.02. The monoisotopic (exact) mass is 540 g/mol. The van der Waals surface area contributed by atoms with Gasteiger partial charge in [-0.25, -0.2) is 0 Å². The number of hydrogen-bond acceptors (Lipinski definition) is 6. The molecule has 0 fully saturated rings. The van der Waals surface area contributed by atoms with Crippen molar-refractivity contribution in [3.8, 4) is 34.3 Å². The molecule has 40 heavy (non-hydrogen) atoms. The number of nitrogens with one attached hydrogen (secondary N) is 2. The molecule has 1 heterocycles. The minimum Gasteiger partial charge on any atom is -0.456 e. The molecule has 8 nitrogen and oxygen atoms in total. The van der Waals surface area contributed by atoms with Gasteiger partial charge in [0.15, 0.2) is 11.7 Å². The molecule has 0 unspecified atom stereocenters. The number of aryl methyl sites for hydroxylation is 1. The second-order valence-electron chi connectivity index (χ2n) is 9.58. The highest BCUT2D eigenvalue weighted by atomic mass is 16.5. The summed E-state index contributed by atoms with van der Waals surface area (Å²) >= 11 is 0. The molecule has 0 atom stereocenters. The van der Waals surface area contributed by atoms with Gasteiger partial charge in [-0.15, -0.1) is 5.92 Å². The number of carbonyl (C=O) groups excluding carboxylic acids is 2. The minimum atomic E-state index is -1.84. The van der Waals surface area contributed by atoms with Crippen LogP contribution in [0.4, 0.5) is 0 Å². The fourth-order valence-electron chi connectivity index (χ4n) is 4.62. The van der Waals surface area contributed by atoms with Crippen molar-refractivity contribution in [2.24, 2.45) is 0 Å². The molecule has 2 amide bonds. The second-order valence-corrected chi connectivity index (χ2v) is 9.58. The lowest BCUT2D eigenvalue weighted by Crippen LogP contribution is -2.25. The van der Waals surface area contributed by atoms with E-state index in [1.165, 1.54) is 18.2 Å². The SMILES string of the molecule is CC#CCNC(=O)CCCCCNC(=O)c1ccc(-c2c3ccc(=O)cc-3oc3cc(C)ccc23)c(C(O)O)c1. The Kier molecular flexibility index (Phi) is 9.33. The molecular weight excluding hydrogens is 508 g/mol. The maximum absolute atomic E-state index is 12.9. The van der Waals surface area contributed by atoms with E-state index in [1.54, 1.807) is 25.1 Å². The van der Waals surface area contributed by atoms with Gasteiger partial charge in [-0.2, -0.15) is 0 Å². The first kappa shape index (κ1) is 28.6. The average Bonchev–Trinajstić information content (AvgIpc) is 2.93. The Morgan fingerprint density at radius 2 is 1.75 bits per heavy atom. The molecule has 0 aromatic heterocycles. The molecule has 2 aromatic rings. The molecule has 2 aliphatic rings. The summed E-state index contributed by atoms with van der Waals surface area (Å²) in [4.78, 5) is 36.6. The van der Waals surface area contributed by atoms with Crippen LogP contribution < -0.4 is 16.1 Å². The van der Waals surface area contributed by atoms with Gasteiger partial charge in [-0.3, -0.25) is 14.4 Å². The Bertz CT molecular complexity index is 1630. The van der Waals surface area contributed by atoms with Crippen molar-refractivity contribution in [3.05, 3.63) is 81.5 Å². The van der Waals surface area contributed by atoms with E-state index in [1.807, 2.05) is 25.1 Å². The molecule has 0 bridgehead atoms. The summed E-state index contributed by atoms with van der Waals surface area (Å²) in [6.45, 7) is 4.42. The Morgan fingerprint density at radius 1 is 0.950 bits per heavy atom. The number of carbonyl (C=O) groups is 2. The number of fused-ring (bicyclic) bond motifs is 2. The lowest BCUT2D eigenvalue weighted by molar-refractivity contribution is -0.120. The predicted octanol–water partition coefficient (Wildman–Crippen LogP) is 4.29. The molecule has 1 aliphatic carbocycles. The number of aliphatic hydroxyl groups is 2. The topological polar surface area (TPSA) is 129 Å². The normalized spacial score (nSPS) is 10.9. The fourth-order valence-corrected chi connectivity index (χ4v) is 4.62. The van der Waals surface area contributed by atoms with Crippen LogP contribution in [0, 0.1) is 18.8 Å². The van der Waals surface area contributed by atoms with Gasteiger partial charge >= 0.3 is 0 Å². The van der Waals surface area contributed by atoms with Crippen molar-refractivity contribution in [1.29, 1.82) is 0 Å². The van der Waals surface area contributed by atoms with Crippen molar-refractivity contribution in [3.63, 3.8) is 0 Å². The van der Waals surface area contributed by atoms with Gasteiger partial charge in [0.2, 0.25) is 5.91 Å². The molecule has 2 aromatic carbocycles. The molecule has 0 spiro atoms. The van der Waals surface area contributed by atoms with E-state index in [2.05, 4.69) is 22.5 Å². The van der Waals surface area contributed by atoms with Gasteiger partial charge in [-0.05, 0) is 68.1 Å². The maximum atomic E-state index is 12.9. The van der Waals surface area contributed by atoms with E-state index >= 15 is 0 Å². The summed E-state index contributed by atoms with van der Waals surface area (Å²) in [6.07, 6.45) is 0.744. The number of hydrogen-bond donors (Lipinski definition) is 4. The van der Waals surface area contributed by atoms with Gasteiger partial charge in [0, 0.05) is 46.7 Å². The van der Waals surface area contributed by atoms with E-state index in [0.29, 0.717) is 60.4 Å². The second kappa shape index (κ2) is 13.1. The van der Waals surface area contributed by atoms with Gasteiger partial charge in [0.1, 0.15) is 11.3 Å². The fraction of sp³-hybridized carbons (Fsp3) is 0.281. The molecule has 4 N–H and O–H groups in total. The summed E-state index contributed by atoms with van der Waals surface area (Å²) in [6, 6.07) is 15.0. The molecule has 0 radical (unpaired) electrons. The quantitative estimate of drug-likeness (QED) is 0.103. The zero-order chi connectivity index (χ0) is 28.6. The number of rotatable bonds is 10. The summed E-state index contributed by atoms with van der Waals surface area (Å²) in [7, 11) is 0. The van der Waals surface area contributed by atoms with Crippen LogP contribution in [0.5, 0.6) is 0 Å². The van der Waals surface area contributed by atoms with Crippen LogP contribution in [0.2, 0.25) is 0 Å². The highest BCUT2D eigenvalue weighted by molar-refractivity contribution is 6.03. The van der Waals surface area contributed by atoms with E-state index in [-0.39, 0.29) is 28.4 Å². The van der Waals surface area contributed by atoms with Crippen molar-refractivity contribution < 1.29 is 24.2 Å². The van der Waals surface area contributed by atoms with Crippen LogP contribution in [-0.2, 0) is 4.79 Å². The minimum absolute atomic E-state index is 0.0433. The lowest BCUT2D eigenvalue weighted by Gasteiger charge is -2.19. The zero-order valence-electron chi connectivity index (χ0n) is 22.5. The van der Waals surface area contributed by atoms with Crippen LogP contribution in [0.1, 0.15) is 60.4 Å².